The Morgan fingerprint density at radius 3 is 2.62 bits per heavy atom. The van der Waals surface area contributed by atoms with Crippen molar-refractivity contribution in [2.45, 2.75) is 26.0 Å². The fraction of sp³-hybridized carbons (Fsp3) is 0.529. The Morgan fingerprint density at radius 2 is 2.05 bits per heavy atom. The number of ether oxygens (including phenoxy) is 2. The smallest absolute Gasteiger partial charge is 0.118 e. The van der Waals surface area contributed by atoms with Gasteiger partial charge in [0.25, 0.3) is 0 Å². The first kappa shape index (κ1) is 17.5. The lowest BCUT2D eigenvalue weighted by atomic mass is 10.2. The fourth-order valence-electron chi connectivity index (χ4n) is 2.14. The highest BCUT2D eigenvalue weighted by Gasteiger charge is 2.12. The van der Waals surface area contributed by atoms with Crippen LogP contribution in [0.25, 0.3) is 0 Å². The van der Waals surface area contributed by atoms with Crippen LogP contribution < -0.4 is 4.74 Å². The van der Waals surface area contributed by atoms with Gasteiger partial charge in [-0.25, -0.2) is 0 Å². The van der Waals surface area contributed by atoms with E-state index in [-0.39, 0.29) is 13.2 Å². The largest absolute Gasteiger partial charge is 0.497 e. The van der Waals surface area contributed by atoms with Crippen LogP contribution in [0.1, 0.15) is 18.9 Å². The van der Waals surface area contributed by atoms with Gasteiger partial charge in [0.15, 0.2) is 0 Å². The predicted octanol–water partition coefficient (Wildman–Crippen LogP) is 1.92. The third-order valence-electron chi connectivity index (χ3n) is 3.07. The van der Waals surface area contributed by atoms with Gasteiger partial charge in [0, 0.05) is 13.1 Å². The second-order valence-corrected chi connectivity index (χ2v) is 4.96. The highest BCUT2D eigenvalue weighted by Crippen LogP contribution is 2.13. The van der Waals surface area contributed by atoms with Gasteiger partial charge in [-0.1, -0.05) is 25.0 Å². The first-order chi connectivity index (χ1) is 10.2. The summed E-state index contributed by atoms with van der Waals surface area (Å²) < 4.78 is 10.3. The lowest BCUT2D eigenvalue weighted by Gasteiger charge is -2.24. The summed E-state index contributed by atoms with van der Waals surface area (Å²) in [6.07, 6.45) is 5.62. The molecule has 1 atom stereocenters. The van der Waals surface area contributed by atoms with Gasteiger partial charge in [-0.05, 0) is 30.7 Å². The van der Waals surface area contributed by atoms with Gasteiger partial charge in [0.1, 0.15) is 12.4 Å². The van der Waals surface area contributed by atoms with E-state index in [2.05, 4.69) is 17.7 Å². The molecule has 0 heterocycles. The summed E-state index contributed by atoms with van der Waals surface area (Å²) in [5, 5.41) is 9.98. The summed E-state index contributed by atoms with van der Waals surface area (Å²) in [4.78, 5) is 2.21. The number of aliphatic hydroxyl groups excluding tert-OH is 1. The Bertz CT molecular complexity index is 425. The number of terminal acetylenes is 1. The number of nitrogens with zero attached hydrogens (tertiary/aromatic N) is 1. The molecule has 0 bridgehead atoms. The van der Waals surface area contributed by atoms with Crippen molar-refractivity contribution in [3.8, 4) is 18.1 Å². The van der Waals surface area contributed by atoms with Gasteiger partial charge in [0.2, 0.25) is 0 Å². The molecule has 0 saturated carbocycles. The minimum Gasteiger partial charge on any atom is -0.497 e. The molecule has 0 saturated heterocycles. The summed E-state index contributed by atoms with van der Waals surface area (Å²) in [5.41, 5.74) is 1.20. The van der Waals surface area contributed by atoms with Crippen molar-refractivity contribution in [2.75, 3.05) is 33.4 Å². The molecule has 4 nitrogen and oxygen atoms in total. The molecule has 21 heavy (non-hydrogen) atoms. The molecule has 0 aromatic heterocycles. The van der Waals surface area contributed by atoms with Crippen molar-refractivity contribution < 1.29 is 14.6 Å². The standard InChI is InChI=1S/C17H25NO3/c1-4-10-18(13-16(19)14-21-11-5-2)12-15-6-8-17(20-3)9-7-15/h2,6-9,16,19H,4,10-14H2,1,3H3/t16-/m0/s1. The van der Waals surface area contributed by atoms with Gasteiger partial charge < -0.3 is 14.6 Å². The molecular weight excluding hydrogens is 266 g/mol. The number of hydrogen-bond donors (Lipinski definition) is 1. The number of rotatable bonds is 10. The van der Waals surface area contributed by atoms with Crippen molar-refractivity contribution in [1.82, 2.24) is 4.90 Å². The molecule has 1 aromatic rings. The molecule has 0 fully saturated rings. The first-order valence-electron chi connectivity index (χ1n) is 7.24. The Morgan fingerprint density at radius 1 is 1.33 bits per heavy atom. The minimum absolute atomic E-state index is 0.239. The second-order valence-electron chi connectivity index (χ2n) is 4.96. The van der Waals surface area contributed by atoms with Crippen LogP contribution in [-0.2, 0) is 11.3 Å². The summed E-state index contributed by atoms with van der Waals surface area (Å²) in [6.45, 7) is 4.94. The predicted molar refractivity (Wildman–Crippen MR) is 84.2 cm³/mol. The summed E-state index contributed by atoms with van der Waals surface area (Å²) in [6, 6.07) is 7.99. The monoisotopic (exact) mass is 291 g/mol. The molecule has 0 aliphatic heterocycles. The van der Waals surface area contributed by atoms with Crippen LogP contribution >= 0.6 is 0 Å². The third kappa shape index (κ3) is 7.14. The zero-order chi connectivity index (χ0) is 15.5. The van der Waals surface area contributed by atoms with E-state index < -0.39 is 6.10 Å². The average Bonchev–Trinajstić information content (AvgIpc) is 2.48. The lowest BCUT2D eigenvalue weighted by Crippen LogP contribution is -2.35. The third-order valence-corrected chi connectivity index (χ3v) is 3.07. The second kappa shape index (κ2) is 10.2. The number of hydrogen-bond acceptors (Lipinski definition) is 4. The summed E-state index contributed by atoms with van der Waals surface area (Å²) in [7, 11) is 1.66. The number of benzene rings is 1. The topological polar surface area (TPSA) is 41.9 Å². The molecule has 0 unspecified atom stereocenters. The molecular formula is C17H25NO3. The van der Waals surface area contributed by atoms with Crippen LogP contribution in [-0.4, -0.2) is 49.5 Å². The molecule has 116 valence electrons. The first-order valence-corrected chi connectivity index (χ1v) is 7.24. The van der Waals surface area contributed by atoms with Gasteiger partial charge >= 0.3 is 0 Å². The summed E-state index contributed by atoms with van der Waals surface area (Å²) >= 11 is 0. The molecule has 0 aliphatic carbocycles. The number of methoxy groups -OCH3 is 1. The van der Waals surface area contributed by atoms with Crippen LogP contribution in [0.5, 0.6) is 5.75 Å². The van der Waals surface area contributed by atoms with Crippen molar-refractivity contribution in [1.29, 1.82) is 0 Å². The van der Waals surface area contributed by atoms with Gasteiger partial charge in [-0.2, -0.15) is 0 Å². The molecule has 1 N–H and O–H groups in total. The summed E-state index contributed by atoms with van der Waals surface area (Å²) in [5.74, 6) is 3.24. The Hall–Kier alpha value is -1.54. The normalized spacial score (nSPS) is 12.1. The van der Waals surface area contributed by atoms with Crippen molar-refractivity contribution in [2.24, 2.45) is 0 Å². The van der Waals surface area contributed by atoms with Crippen molar-refractivity contribution in [3.05, 3.63) is 29.8 Å². The van der Waals surface area contributed by atoms with Crippen LogP contribution in [0.2, 0.25) is 0 Å². The molecule has 0 aliphatic rings. The van der Waals surface area contributed by atoms with E-state index in [0.717, 1.165) is 25.3 Å². The molecule has 4 heteroatoms. The van der Waals surface area contributed by atoms with Crippen molar-refractivity contribution in [3.63, 3.8) is 0 Å². The fourth-order valence-corrected chi connectivity index (χ4v) is 2.14. The van der Waals surface area contributed by atoms with E-state index in [1.165, 1.54) is 5.56 Å². The zero-order valence-corrected chi connectivity index (χ0v) is 12.9. The zero-order valence-electron chi connectivity index (χ0n) is 12.9. The maximum Gasteiger partial charge on any atom is 0.118 e. The molecule has 0 radical (unpaired) electrons. The maximum atomic E-state index is 9.98. The Kier molecular flexibility index (Phi) is 8.53. The van der Waals surface area contributed by atoms with E-state index in [1.807, 2.05) is 24.3 Å². The van der Waals surface area contributed by atoms with E-state index >= 15 is 0 Å². The van der Waals surface area contributed by atoms with Crippen molar-refractivity contribution >= 4 is 0 Å². The van der Waals surface area contributed by atoms with E-state index in [0.29, 0.717) is 6.54 Å². The highest BCUT2D eigenvalue weighted by atomic mass is 16.5. The van der Waals surface area contributed by atoms with Gasteiger partial charge in [0.05, 0.1) is 19.8 Å². The molecule has 1 aromatic carbocycles. The average molecular weight is 291 g/mol. The SMILES string of the molecule is C#CCOC[C@@H](O)CN(CCC)Cc1ccc(OC)cc1. The maximum absolute atomic E-state index is 9.98. The highest BCUT2D eigenvalue weighted by molar-refractivity contribution is 5.27. The quantitative estimate of drug-likeness (QED) is 0.528. The molecule has 1 rings (SSSR count). The van der Waals surface area contributed by atoms with Crippen LogP contribution in [0, 0.1) is 12.3 Å². The minimum atomic E-state index is -0.525. The van der Waals surface area contributed by atoms with E-state index in [1.54, 1.807) is 7.11 Å². The van der Waals surface area contributed by atoms with Gasteiger partial charge in [-0.3, -0.25) is 4.90 Å². The van der Waals surface area contributed by atoms with Crippen LogP contribution in [0.4, 0.5) is 0 Å². The van der Waals surface area contributed by atoms with Gasteiger partial charge in [-0.15, -0.1) is 6.42 Å². The van der Waals surface area contributed by atoms with E-state index in [4.69, 9.17) is 15.9 Å². The molecule has 0 spiro atoms. The Balaban J connectivity index is 2.49. The van der Waals surface area contributed by atoms with Crippen LogP contribution in [0.3, 0.4) is 0 Å². The van der Waals surface area contributed by atoms with E-state index in [9.17, 15) is 5.11 Å². The Labute approximate surface area is 127 Å². The lowest BCUT2D eigenvalue weighted by molar-refractivity contribution is 0.0261. The van der Waals surface area contributed by atoms with Crippen LogP contribution in [0.15, 0.2) is 24.3 Å². The number of aliphatic hydroxyl groups is 1. The molecule has 0 amide bonds.